The topological polar surface area (TPSA) is 122 Å². The molecule has 0 spiro atoms. The Balaban J connectivity index is 1.65. The number of nitro benzene ring substituents is 1. The molecule has 1 aromatic heterocycles. The molecule has 0 unspecified atom stereocenters. The Labute approximate surface area is 223 Å². The van der Waals surface area contributed by atoms with E-state index in [1.807, 2.05) is 54.6 Å². The Kier molecular flexibility index (Phi) is 6.68. The molecule has 9 heteroatoms. The lowest BCUT2D eigenvalue weighted by Crippen LogP contribution is -2.42. The molecule has 5 rings (SSSR count). The van der Waals surface area contributed by atoms with E-state index in [1.165, 1.54) is 12.1 Å². The van der Waals surface area contributed by atoms with Crippen LogP contribution in [0.25, 0.3) is 23.0 Å². The first-order chi connectivity index (χ1) is 18.9. The first-order valence-electron chi connectivity index (χ1n) is 12.0. The van der Waals surface area contributed by atoms with Crippen LogP contribution in [0, 0.1) is 21.4 Å². The normalized spacial score (nSPS) is 14.6. The van der Waals surface area contributed by atoms with Crippen LogP contribution >= 0.6 is 0 Å². The third kappa shape index (κ3) is 4.86. The highest BCUT2D eigenvalue weighted by atomic mass is 16.6. The summed E-state index contributed by atoms with van der Waals surface area (Å²) in [6.45, 7) is 1.60. The molecule has 190 valence electrons. The number of nitriles is 1. The zero-order chi connectivity index (χ0) is 27.5. The minimum Gasteiger partial charge on any atom is -0.269 e. The lowest BCUT2D eigenvalue weighted by Gasteiger charge is -2.27. The zero-order valence-electron chi connectivity index (χ0n) is 20.8. The van der Waals surface area contributed by atoms with E-state index in [0.29, 0.717) is 16.8 Å². The van der Waals surface area contributed by atoms with Crippen molar-refractivity contribution in [2.75, 3.05) is 0 Å². The predicted molar refractivity (Wildman–Crippen MR) is 144 cm³/mol. The molecule has 0 N–H and O–H groups in total. The summed E-state index contributed by atoms with van der Waals surface area (Å²) >= 11 is 0. The standard InChI is InChI=1S/C30H21N5O4/c1-20-26(29(36)33(30(37)27(20)17-31)18-21-8-4-2-5-9-21)16-23-19-34(24-10-6-3-7-11-24)32-28(23)22-12-14-25(15-13-22)35(38)39/h2-16,19H,18H2,1H3/b26-16+. The van der Waals surface area contributed by atoms with Crippen molar-refractivity contribution in [3.63, 3.8) is 0 Å². The summed E-state index contributed by atoms with van der Waals surface area (Å²) in [4.78, 5) is 38.5. The summed E-state index contributed by atoms with van der Waals surface area (Å²) in [5, 5.41) is 25.7. The zero-order valence-corrected chi connectivity index (χ0v) is 20.8. The molecule has 0 aliphatic carbocycles. The minimum atomic E-state index is -0.642. The van der Waals surface area contributed by atoms with Crippen LogP contribution in [0.4, 0.5) is 5.69 Å². The van der Waals surface area contributed by atoms with Gasteiger partial charge >= 0.3 is 0 Å². The molecule has 3 aromatic carbocycles. The minimum absolute atomic E-state index is 0.0206. The van der Waals surface area contributed by atoms with Crippen molar-refractivity contribution < 1.29 is 14.5 Å². The number of aromatic nitrogens is 2. The Morgan fingerprint density at radius 2 is 1.59 bits per heavy atom. The number of benzene rings is 3. The van der Waals surface area contributed by atoms with Crippen LogP contribution in [0.5, 0.6) is 0 Å². The molecular formula is C30H21N5O4. The summed E-state index contributed by atoms with van der Waals surface area (Å²) in [5.74, 6) is -1.17. The number of hydrogen-bond donors (Lipinski definition) is 0. The summed E-state index contributed by atoms with van der Waals surface area (Å²) in [6.07, 6.45) is 3.35. The Hall–Kier alpha value is -5.62. The van der Waals surface area contributed by atoms with Crippen LogP contribution in [-0.2, 0) is 16.1 Å². The third-order valence-electron chi connectivity index (χ3n) is 6.42. The Morgan fingerprint density at radius 3 is 2.21 bits per heavy atom. The number of carbonyl (C=O) groups excluding carboxylic acids is 2. The van der Waals surface area contributed by atoms with Gasteiger partial charge in [-0.15, -0.1) is 0 Å². The second kappa shape index (κ2) is 10.4. The maximum absolute atomic E-state index is 13.7. The third-order valence-corrected chi connectivity index (χ3v) is 6.42. The maximum Gasteiger partial charge on any atom is 0.271 e. The molecule has 2 heterocycles. The number of imide groups is 1. The van der Waals surface area contributed by atoms with Crippen LogP contribution in [0.3, 0.4) is 0 Å². The number of nitro groups is 1. The van der Waals surface area contributed by atoms with Gasteiger partial charge in [-0.1, -0.05) is 48.5 Å². The predicted octanol–water partition coefficient (Wildman–Crippen LogP) is 5.24. The molecule has 1 aliphatic heterocycles. The molecule has 1 aliphatic rings. The fourth-order valence-electron chi connectivity index (χ4n) is 4.37. The van der Waals surface area contributed by atoms with Crippen molar-refractivity contribution in [1.82, 2.24) is 14.7 Å². The molecule has 0 atom stereocenters. The maximum atomic E-state index is 13.7. The van der Waals surface area contributed by atoms with Crippen LogP contribution in [0.2, 0.25) is 0 Å². The van der Waals surface area contributed by atoms with E-state index in [2.05, 4.69) is 0 Å². The molecule has 39 heavy (non-hydrogen) atoms. The number of non-ortho nitro benzene ring substituents is 1. The molecule has 0 saturated heterocycles. The summed E-state index contributed by atoms with van der Waals surface area (Å²) in [7, 11) is 0. The van der Waals surface area contributed by atoms with Crippen LogP contribution in [0.1, 0.15) is 18.1 Å². The number of nitrogens with zero attached hydrogens (tertiary/aromatic N) is 5. The molecule has 9 nitrogen and oxygen atoms in total. The average Bonchev–Trinajstić information content (AvgIpc) is 3.39. The Morgan fingerprint density at radius 1 is 0.949 bits per heavy atom. The van der Waals surface area contributed by atoms with E-state index in [0.717, 1.165) is 16.2 Å². The molecule has 4 aromatic rings. The molecule has 0 bridgehead atoms. The van der Waals surface area contributed by atoms with E-state index in [-0.39, 0.29) is 29.0 Å². The highest BCUT2D eigenvalue weighted by Gasteiger charge is 2.35. The first-order valence-corrected chi connectivity index (χ1v) is 12.0. The van der Waals surface area contributed by atoms with E-state index in [4.69, 9.17) is 5.10 Å². The molecule has 0 saturated carbocycles. The van der Waals surface area contributed by atoms with Crippen molar-refractivity contribution in [3.8, 4) is 23.0 Å². The van der Waals surface area contributed by atoms with Crippen molar-refractivity contribution >= 4 is 23.6 Å². The van der Waals surface area contributed by atoms with Gasteiger partial charge in [0.1, 0.15) is 11.6 Å². The van der Waals surface area contributed by atoms with Crippen molar-refractivity contribution in [2.45, 2.75) is 13.5 Å². The van der Waals surface area contributed by atoms with Crippen molar-refractivity contribution in [1.29, 1.82) is 5.26 Å². The monoisotopic (exact) mass is 515 g/mol. The van der Waals surface area contributed by atoms with Gasteiger partial charge in [-0.2, -0.15) is 10.4 Å². The van der Waals surface area contributed by atoms with Gasteiger partial charge in [0.25, 0.3) is 17.5 Å². The average molecular weight is 516 g/mol. The van der Waals surface area contributed by atoms with Crippen LogP contribution in [0.15, 0.2) is 108 Å². The number of amides is 2. The van der Waals surface area contributed by atoms with Gasteiger partial charge in [0.2, 0.25) is 0 Å². The largest absolute Gasteiger partial charge is 0.271 e. The second-order valence-electron chi connectivity index (χ2n) is 8.87. The van der Waals surface area contributed by atoms with Crippen molar-refractivity contribution in [2.24, 2.45) is 0 Å². The number of carbonyl (C=O) groups is 2. The first kappa shape index (κ1) is 25.0. The SMILES string of the molecule is CC1=C(C#N)C(=O)N(Cc2ccccc2)C(=O)/C1=C/c1cn(-c2ccccc2)nc1-c1ccc([N+](=O)[O-])cc1. The van der Waals surface area contributed by atoms with E-state index >= 15 is 0 Å². The van der Waals surface area contributed by atoms with Gasteiger partial charge < -0.3 is 0 Å². The van der Waals surface area contributed by atoms with Crippen LogP contribution < -0.4 is 0 Å². The van der Waals surface area contributed by atoms with Crippen molar-refractivity contribution in [3.05, 3.63) is 129 Å². The van der Waals surface area contributed by atoms with Gasteiger partial charge in [-0.3, -0.25) is 24.6 Å². The lowest BCUT2D eigenvalue weighted by molar-refractivity contribution is -0.384. The number of rotatable bonds is 6. The Bertz CT molecular complexity index is 1700. The summed E-state index contributed by atoms with van der Waals surface area (Å²) < 4.78 is 1.65. The van der Waals surface area contributed by atoms with Gasteiger partial charge in [0.05, 0.1) is 22.8 Å². The lowest BCUT2D eigenvalue weighted by atomic mass is 9.93. The number of para-hydroxylation sites is 1. The molecular weight excluding hydrogens is 494 g/mol. The quantitative estimate of drug-likeness (QED) is 0.150. The van der Waals surface area contributed by atoms with E-state index in [1.54, 1.807) is 48.1 Å². The highest BCUT2D eigenvalue weighted by molar-refractivity contribution is 6.19. The molecule has 0 fully saturated rings. The summed E-state index contributed by atoms with van der Waals surface area (Å²) in [5.41, 5.74) is 3.44. The fraction of sp³-hybridized carbons (Fsp3) is 0.0667. The van der Waals surface area contributed by atoms with E-state index < -0.39 is 16.7 Å². The smallest absolute Gasteiger partial charge is 0.269 e. The second-order valence-corrected chi connectivity index (χ2v) is 8.87. The highest BCUT2D eigenvalue weighted by Crippen LogP contribution is 2.32. The van der Waals surface area contributed by atoms with Gasteiger partial charge in [-0.25, -0.2) is 4.68 Å². The molecule has 0 radical (unpaired) electrons. The summed E-state index contributed by atoms with van der Waals surface area (Å²) in [6, 6.07) is 26.3. The fourth-order valence-corrected chi connectivity index (χ4v) is 4.37. The van der Waals surface area contributed by atoms with Gasteiger partial charge in [-0.05, 0) is 48.4 Å². The van der Waals surface area contributed by atoms with Crippen LogP contribution in [-0.4, -0.2) is 31.4 Å². The molecule has 2 amide bonds. The van der Waals surface area contributed by atoms with E-state index in [9.17, 15) is 25.0 Å². The van der Waals surface area contributed by atoms with Gasteiger partial charge in [0.15, 0.2) is 0 Å². The number of hydrogen-bond acceptors (Lipinski definition) is 6. The van der Waals surface area contributed by atoms with Gasteiger partial charge in [0, 0.05) is 35.0 Å².